The summed E-state index contributed by atoms with van der Waals surface area (Å²) in [5, 5.41) is 0. The second kappa shape index (κ2) is 5.41. The van der Waals surface area contributed by atoms with E-state index in [4.69, 9.17) is 4.74 Å². The molecule has 0 aliphatic carbocycles. The molecule has 3 nitrogen and oxygen atoms in total. The van der Waals surface area contributed by atoms with Crippen LogP contribution in [0.25, 0.3) is 0 Å². The standard InChI is InChI=1S/C14H18BrNO2/c1-9-8-18-10(2)7-16(9)14(17)12-5-4-6-13(15)11(12)3/h4-6,9-10H,7-8H2,1-3H3. The third-order valence-corrected chi connectivity index (χ3v) is 4.23. The lowest BCUT2D eigenvalue weighted by atomic mass is 10.1. The van der Waals surface area contributed by atoms with Gasteiger partial charge in [-0.05, 0) is 38.5 Å². The molecule has 1 aliphatic heterocycles. The van der Waals surface area contributed by atoms with Crippen molar-refractivity contribution in [2.24, 2.45) is 0 Å². The number of morpholine rings is 1. The Bertz CT molecular complexity index is 461. The zero-order valence-electron chi connectivity index (χ0n) is 10.9. The molecule has 2 atom stereocenters. The number of halogens is 1. The quantitative estimate of drug-likeness (QED) is 0.798. The molecule has 1 aromatic rings. The zero-order valence-corrected chi connectivity index (χ0v) is 12.5. The molecule has 1 aromatic carbocycles. The molecular formula is C14H18BrNO2. The molecule has 98 valence electrons. The Balaban J connectivity index is 2.27. The van der Waals surface area contributed by atoms with Gasteiger partial charge in [-0.3, -0.25) is 4.79 Å². The minimum atomic E-state index is 0.0939. The van der Waals surface area contributed by atoms with E-state index in [1.165, 1.54) is 0 Å². The van der Waals surface area contributed by atoms with E-state index in [2.05, 4.69) is 15.9 Å². The predicted molar refractivity (Wildman–Crippen MR) is 74.8 cm³/mol. The van der Waals surface area contributed by atoms with Crippen LogP contribution in [0.15, 0.2) is 22.7 Å². The van der Waals surface area contributed by atoms with Crippen molar-refractivity contribution in [1.29, 1.82) is 0 Å². The van der Waals surface area contributed by atoms with Gasteiger partial charge in [0.1, 0.15) is 0 Å². The van der Waals surface area contributed by atoms with Crippen molar-refractivity contribution in [3.63, 3.8) is 0 Å². The van der Waals surface area contributed by atoms with Crippen LogP contribution < -0.4 is 0 Å². The first kappa shape index (κ1) is 13.6. The van der Waals surface area contributed by atoms with Crippen LogP contribution >= 0.6 is 15.9 Å². The van der Waals surface area contributed by atoms with E-state index in [0.29, 0.717) is 13.2 Å². The van der Waals surface area contributed by atoms with Gasteiger partial charge in [-0.1, -0.05) is 22.0 Å². The fourth-order valence-electron chi connectivity index (χ4n) is 2.18. The van der Waals surface area contributed by atoms with Gasteiger partial charge in [0.2, 0.25) is 0 Å². The number of hydrogen-bond donors (Lipinski definition) is 0. The van der Waals surface area contributed by atoms with Crippen LogP contribution in [0.1, 0.15) is 29.8 Å². The fraction of sp³-hybridized carbons (Fsp3) is 0.500. The SMILES string of the molecule is Cc1c(Br)cccc1C(=O)N1CC(C)OCC1C. The van der Waals surface area contributed by atoms with Crippen LogP contribution in [0.2, 0.25) is 0 Å². The maximum Gasteiger partial charge on any atom is 0.254 e. The van der Waals surface area contributed by atoms with Crippen molar-refractivity contribution in [3.05, 3.63) is 33.8 Å². The topological polar surface area (TPSA) is 29.5 Å². The van der Waals surface area contributed by atoms with Gasteiger partial charge in [0.15, 0.2) is 0 Å². The van der Waals surface area contributed by atoms with Crippen molar-refractivity contribution in [2.75, 3.05) is 13.2 Å². The minimum Gasteiger partial charge on any atom is -0.375 e. The second-order valence-corrected chi connectivity index (χ2v) is 5.72. The molecule has 2 rings (SSSR count). The highest BCUT2D eigenvalue weighted by Gasteiger charge is 2.29. The monoisotopic (exact) mass is 311 g/mol. The Morgan fingerprint density at radius 2 is 2.17 bits per heavy atom. The molecule has 0 saturated carbocycles. The maximum atomic E-state index is 12.6. The Kier molecular flexibility index (Phi) is 4.07. The number of amides is 1. The Hall–Kier alpha value is -0.870. The number of rotatable bonds is 1. The molecule has 1 saturated heterocycles. The van der Waals surface area contributed by atoms with E-state index in [0.717, 1.165) is 15.6 Å². The summed E-state index contributed by atoms with van der Waals surface area (Å²) < 4.78 is 6.53. The number of hydrogen-bond acceptors (Lipinski definition) is 2. The molecule has 1 fully saturated rings. The molecule has 0 aromatic heterocycles. The van der Waals surface area contributed by atoms with Crippen LogP contribution in [-0.2, 0) is 4.74 Å². The summed E-state index contributed by atoms with van der Waals surface area (Å²) in [6.07, 6.45) is 0.109. The highest BCUT2D eigenvalue weighted by Crippen LogP contribution is 2.23. The Morgan fingerprint density at radius 1 is 1.44 bits per heavy atom. The van der Waals surface area contributed by atoms with Gasteiger partial charge in [-0.2, -0.15) is 0 Å². The van der Waals surface area contributed by atoms with Gasteiger partial charge in [0, 0.05) is 16.6 Å². The summed E-state index contributed by atoms with van der Waals surface area (Å²) in [7, 11) is 0. The number of nitrogens with zero attached hydrogens (tertiary/aromatic N) is 1. The highest BCUT2D eigenvalue weighted by atomic mass is 79.9. The van der Waals surface area contributed by atoms with Crippen LogP contribution in [0.4, 0.5) is 0 Å². The minimum absolute atomic E-state index is 0.0939. The lowest BCUT2D eigenvalue weighted by Crippen LogP contribution is -2.50. The van der Waals surface area contributed by atoms with Gasteiger partial charge in [0.25, 0.3) is 5.91 Å². The molecule has 0 N–H and O–H groups in total. The van der Waals surface area contributed by atoms with Gasteiger partial charge < -0.3 is 9.64 Å². The molecule has 0 spiro atoms. The van der Waals surface area contributed by atoms with E-state index in [-0.39, 0.29) is 18.1 Å². The Labute approximate surface area is 116 Å². The zero-order chi connectivity index (χ0) is 13.3. The first-order valence-corrected chi connectivity index (χ1v) is 6.97. The molecule has 1 amide bonds. The normalized spacial score (nSPS) is 24.1. The average Bonchev–Trinajstić information content (AvgIpc) is 2.35. The summed E-state index contributed by atoms with van der Waals surface area (Å²) in [6, 6.07) is 5.87. The predicted octanol–water partition coefficient (Wildman–Crippen LogP) is 3.01. The lowest BCUT2D eigenvalue weighted by Gasteiger charge is -2.37. The third-order valence-electron chi connectivity index (χ3n) is 3.37. The molecule has 1 heterocycles. The third kappa shape index (κ3) is 2.59. The second-order valence-electron chi connectivity index (χ2n) is 4.86. The van der Waals surface area contributed by atoms with Gasteiger partial charge in [-0.15, -0.1) is 0 Å². The van der Waals surface area contributed by atoms with Crippen molar-refractivity contribution in [3.8, 4) is 0 Å². The summed E-state index contributed by atoms with van der Waals surface area (Å²) in [4.78, 5) is 14.5. The smallest absolute Gasteiger partial charge is 0.254 e. The van der Waals surface area contributed by atoms with Crippen LogP contribution in [0, 0.1) is 6.92 Å². The van der Waals surface area contributed by atoms with Gasteiger partial charge in [-0.25, -0.2) is 0 Å². The van der Waals surface area contributed by atoms with Crippen LogP contribution in [-0.4, -0.2) is 36.1 Å². The van der Waals surface area contributed by atoms with E-state index in [9.17, 15) is 4.79 Å². The van der Waals surface area contributed by atoms with Gasteiger partial charge in [0.05, 0.1) is 18.8 Å². The average molecular weight is 312 g/mol. The molecule has 18 heavy (non-hydrogen) atoms. The number of ether oxygens (including phenoxy) is 1. The van der Waals surface area contributed by atoms with E-state index in [1.807, 2.05) is 43.9 Å². The van der Waals surface area contributed by atoms with Gasteiger partial charge >= 0.3 is 0 Å². The number of carbonyl (C=O) groups excluding carboxylic acids is 1. The number of benzene rings is 1. The largest absolute Gasteiger partial charge is 0.375 e. The first-order valence-electron chi connectivity index (χ1n) is 6.18. The first-order chi connectivity index (χ1) is 8.50. The summed E-state index contributed by atoms with van der Waals surface area (Å²) >= 11 is 3.47. The highest BCUT2D eigenvalue weighted by molar-refractivity contribution is 9.10. The van der Waals surface area contributed by atoms with Crippen LogP contribution in [0.3, 0.4) is 0 Å². The maximum absolute atomic E-state index is 12.6. The van der Waals surface area contributed by atoms with Crippen LogP contribution in [0.5, 0.6) is 0 Å². The van der Waals surface area contributed by atoms with E-state index < -0.39 is 0 Å². The van der Waals surface area contributed by atoms with Crippen molar-refractivity contribution in [1.82, 2.24) is 4.90 Å². The summed E-state index contributed by atoms with van der Waals surface area (Å²) in [5.74, 6) is 0.0939. The molecule has 1 aliphatic rings. The van der Waals surface area contributed by atoms with E-state index >= 15 is 0 Å². The summed E-state index contributed by atoms with van der Waals surface area (Å²) in [6.45, 7) is 7.26. The number of carbonyl (C=O) groups is 1. The van der Waals surface area contributed by atoms with E-state index in [1.54, 1.807) is 0 Å². The molecule has 0 bridgehead atoms. The lowest BCUT2D eigenvalue weighted by molar-refractivity contribution is -0.0387. The summed E-state index contributed by atoms with van der Waals surface area (Å²) in [5.41, 5.74) is 1.76. The van der Waals surface area contributed by atoms with Crippen molar-refractivity contribution < 1.29 is 9.53 Å². The fourth-order valence-corrected chi connectivity index (χ4v) is 2.55. The Morgan fingerprint density at radius 3 is 2.89 bits per heavy atom. The molecule has 4 heteroatoms. The molecule has 2 unspecified atom stereocenters. The molecular weight excluding hydrogens is 294 g/mol. The molecule has 0 radical (unpaired) electrons. The van der Waals surface area contributed by atoms with Crippen molar-refractivity contribution in [2.45, 2.75) is 32.9 Å². The van der Waals surface area contributed by atoms with Crippen molar-refractivity contribution >= 4 is 21.8 Å².